The maximum absolute atomic E-state index is 4.48. The third kappa shape index (κ3) is 6.15. The molecule has 5 nitrogen and oxygen atoms in total. The lowest BCUT2D eigenvalue weighted by Crippen LogP contribution is -2.48. The second-order valence-electron chi connectivity index (χ2n) is 6.60. The first kappa shape index (κ1) is 21.6. The van der Waals surface area contributed by atoms with Crippen LogP contribution in [0.3, 0.4) is 0 Å². The van der Waals surface area contributed by atoms with E-state index in [1.807, 2.05) is 7.05 Å². The number of aliphatic imine (C=N–C) groups is 1. The van der Waals surface area contributed by atoms with Gasteiger partial charge in [0.25, 0.3) is 0 Å². The van der Waals surface area contributed by atoms with E-state index in [-0.39, 0.29) is 24.0 Å². The van der Waals surface area contributed by atoms with E-state index in [4.69, 9.17) is 0 Å². The molecule has 1 aromatic heterocycles. The van der Waals surface area contributed by atoms with Crippen molar-refractivity contribution >= 4 is 41.3 Å². The highest BCUT2D eigenvalue weighted by Crippen LogP contribution is 2.18. The van der Waals surface area contributed by atoms with Gasteiger partial charge in [0.2, 0.25) is 0 Å². The summed E-state index contributed by atoms with van der Waals surface area (Å²) in [5.74, 6) is 1.52. The summed E-state index contributed by atoms with van der Waals surface area (Å²) < 4.78 is 0. The molecule has 1 aliphatic rings. The zero-order valence-electron chi connectivity index (χ0n) is 15.6. The normalized spacial score (nSPS) is 17.0. The number of aryl methyl sites for hydroxylation is 2. The van der Waals surface area contributed by atoms with E-state index in [1.54, 1.807) is 11.3 Å². The lowest BCUT2D eigenvalue weighted by molar-refractivity contribution is 0.192. The van der Waals surface area contributed by atoms with E-state index in [0.29, 0.717) is 12.0 Å². The Morgan fingerprint density at radius 3 is 2.42 bits per heavy atom. The summed E-state index contributed by atoms with van der Waals surface area (Å²) in [6.07, 6.45) is 2.67. The van der Waals surface area contributed by atoms with Crippen molar-refractivity contribution in [3.8, 4) is 0 Å². The van der Waals surface area contributed by atoms with Crippen LogP contribution in [-0.2, 0) is 6.54 Å². The van der Waals surface area contributed by atoms with Crippen LogP contribution >= 0.6 is 35.3 Å². The smallest absolute Gasteiger partial charge is 0.191 e. The van der Waals surface area contributed by atoms with E-state index in [1.165, 1.54) is 30.8 Å². The predicted octanol–water partition coefficient (Wildman–Crippen LogP) is 3.16. The highest BCUT2D eigenvalue weighted by atomic mass is 127. The molecule has 0 aliphatic carbocycles. The second-order valence-corrected chi connectivity index (χ2v) is 7.89. The van der Waals surface area contributed by atoms with E-state index < -0.39 is 0 Å². The average Bonchev–Trinajstić information content (AvgIpc) is 3.12. The summed E-state index contributed by atoms with van der Waals surface area (Å²) in [7, 11) is 1.83. The van der Waals surface area contributed by atoms with Crippen LogP contribution in [0.5, 0.6) is 0 Å². The van der Waals surface area contributed by atoms with Crippen molar-refractivity contribution in [3.63, 3.8) is 0 Å². The Morgan fingerprint density at radius 1 is 1.25 bits per heavy atom. The van der Waals surface area contributed by atoms with Crippen molar-refractivity contribution in [2.45, 2.75) is 53.1 Å². The molecule has 2 rings (SSSR count). The van der Waals surface area contributed by atoms with Crippen molar-refractivity contribution in [1.82, 2.24) is 20.5 Å². The molecule has 2 heterocycles. The Bertz CT molecular complexity index is 523. The molecule has 138 valence electrons. The first-order valence-corrected chi connectivity index (χ1v) is 9.44. The summed E-state index contributed by atoms with van der Waals surface area (Å²) in [5, 5.41) is 8.04. The van der Waals surface area contributed by atoms with Gasteiger partial charge in [0.15, 0.2) is 5.96 Å². The predicted molar refractivity (Wildman–Crippen MR) is 115 cm³/mol. The van der Waals surface area contributed by atoms with Crippen LogP contribution in [0.1, 0.15) is 42.3 Å². The molecule has 2 N–H and O–H groups in total. The minimum Gasteiger partial charge on any atom is -0.355 e. The maximum atomic E-state index is 4.48. The molecule has 1 atom stereocenters. The maximum Gasteiger partial charge on any atom is 0.191 e. The number of aromatic nitrogens is 1. The van der Waals surface area contributed by atoms with Gasteiger partial charge in [-0.15, -0.1) is 35.3 Å². The number of rotatable bonds is 6. The fourth-order valence-corrected chi connectivity index (χ4v) is 4.06. The molecule has 1 aliphatic heterocycles. The van der Waals surface area contributed by atoms with Crippen LogP contribution in [0.15, 0.2) is 4.99 Å². The Balaban J connectivity index is 0.00000288. The number of guanidine groups is 1. The molecule has 7 heteroatoms. The van der Waals surface area contributed by atoms with Gasteiger partial charge in [-0.25, -0.2) is 4.98 Å². The molecule has 0 amide bonds. The van der Waals surface area contributed by atoms with E-state index in [0.717, 1.165) is 29.8 Å². The lowest BCUT2D eigenvalue weighted by atomic mass is 10.0. The summed E-state index contributed by atoms with van der Waals surface area (Å²) in [6, 6.07) is 0.573. The van der Waals surface area contributed by atoms with Gasteiger partial charge < -0.3 is 10.6 Å². The van der Waals surface area contributed by atoms with Gasteiger partial charge in [0.1, 0.15) is 0 Å². The number of hydrogen-bond acceptors (Lipinski definition) is 4. The lowest BCUT2D eigenvalue weighted by Gasteiger charge is -2.31. The first-order chi connectivity index (χ1) is 11.0. The third-order valence-corrected chi connectivity index (χ3v) is 5.57. The topological polar surface area (TPSA) is 52.6 Å². The van der Waals surface area contributed by atoms with Gasteiger partial charge in [-0.2, -0.15) is 0 Å². The van der Waals surface area contributed by atoms with Crippen molar-refractivity contribution in [2.75, 3.05) is 26.7 Å². The largest absolute Gasteiger partial charge is 0.355 e. The molecule has 0 bridgehead atoms. The summed E-state index contributed by atoms with van der Waals surface area (Å²) in [4.78, 5) is 12.7. The quantitative estimate of drug-likeness (QED) is 0.385. The fourth-order valence-electron chi connectivity index (χ4n) is 3.18. The van der Waals surface area contributed by atoms with Crippen LogP contribution in [0.4, 0.5) is 0 Å². The SMILES string of the molecule is CN=C(NCc1sc(C)nc1C)NCC(C(C)C)N1CCCC1.I. The number of thiazole rings is 1. The van der Waals surface area contributed by atoms with Gasteiger partial charge in [-0.05, 0) is 45.7 Å². The monoisotopic (exact) mass is 465 g/mol. The standard InChI is InChI=1S/C17H31N5S.HI/c1-12(2)15(22-8-6-7-9-22)10-19-17(18-5)20-11-16-13(3)21-14(4)23-16;/h12,15H,6-11H2,1-5H3,(H2,18,19,20);1H. The Kier molecular flexibility index (Phi) is 9.51. The number of nitrogens with zero attached hydrogens (tertiary/aromatic N) is 3. The van der Waals surface area contributed by atoms with Crippen molar-refractivity contribution in [1.29, 1.82) is 0 Å². The van der Waals surface area contributed by atoms with Crippen molar-refractivity contribution in [2.24, 2.45) is 10.9 Å². The molecule has 1 fully saturated rings. The van der Waals surface area contributed by atoms with Crippen LogP contribution in [-0.4, -0.2) is 48.6 Å². The van der Waals surface area contributed by atoms with Gasteiger partial charge in [-0.1, -0.05) is 13.8 Å². The Labute approximate surface area is 167 Å². The van der Waals surface area contributed by atoms with E-state index >= 15 is 0 Å². The Hall–Kier alpha value is -0.410. The van der Waals surface area contributed by atoms with Crippen LogP contribution in [0.2, 0.25) is 0 Å². The molecule has 1 unspecified atom stereocenters. The molecular formula is C17H32IN5S. The zero-order valence-corrected chi connectivity index (χ0v) is 18.7. The molecule has 0 saturated carbocycles. The minimum absolute atomic E-state index is 0. The zero-order chi connectivity index (χ0) is 16.8. The molecule has 1 saturated heterocycles. The third-order valence-electron chi connectivity index (χ3n) is 4.50. The highest BCUT2D eigenvalue weighted by molar-refractivity contribution is 14.0. The van der Waals surface area contributed by atoms with E-state index in [9.17, 15) is 0 Å². The second kappa shape index (κ2) is 10.6. The van der Waals surface area contributed by atoms with Crippen LogP contribution < -0.4 is 10.6 Å². The van der Waals surface area contributed by atoms with E-state index in [2.05, 4.69) is 53.2 Å². The van der Waals surface area contributed by atoms with Gasteiger partial charge in [0, 0.05) is 24.5 Å². The number of likely N-dealkylation sites (tertiary alicyclic amines) is 1. The summed E-state index contributed by atoms with van der Waals surface area (Å²) in [5.41, 5.74) is 1.12. The molecular weight excluding hydrogens is 433 g/mol. The molecule has 1 aromatic rings. The fraction of sp³-hybridized carbons (Fsp3) is 0.765. The van der Waals surface area contributed by atoms with Crippen LogP contribution in [0.25, 0.3) is 0 Å². The molecule has 0 aromatic carbocycles. The number of hydrogen-bond donors (Lipinski definition) is 2. The molecule has 24 heavy (non-hydrogen) atoms. The molecule has 0 spiro atoms. The first-order valence-electron chi connectivity index (χ1n) is 8.62. The van der Waals surface area contributed by atoms with Gasteiger partial charge >= 0.3 is 0 Å². The van der Waals surface area contributed by atoms with Crippen molar-refractivity contribution in [3.05, 3.63) is 15.6 Å². The molecule has 0 radical (unpaired) electrons. The van der Waals surface area contributed by atoms with Crippen LogP contribution in [0, 0.1) is 19.8 Å². The number of nitrogens with one attached hydrogen (secondary N) is 2. The van der Waals surface area contributed by atoms with Gasteiger partial charge in [0.05, 0.1) is 17.2 Å². The van der Waals surface area contributed by atoms with Crippen molar-refractivity contribution < 1.29 is 0 Å². The Morgan fingerprint density at radius 2 is 1.92 bits per heavy atom. The highest BCUT2D eigenvalue weighted by Gasteiger charge is 2.24. The minimum atomic E-state index is 0. The summed E-state index contributed by atoms with van der Waals surface area (Å²) in [6.45, 7) is 12.9. The van der Waals surface area contributed by atoms with Gasteiger partial charge in [-0.3, -0.25) is 9.89 Å². The average molecular weight is 465 g/mol. The summed E-state index contributed by atoms with van der Waals surface area (Å²) >= 11 is 1.75. The number of halogens is 1.